The van der Waals surface area contributed by atoms with E-state index in [1.165, 1.54) is 0 Å². The molecule has 0 saturated carbocycles. The molecule has 1 aromatic rings. The maximum Gasteiger partial charge on any atom is 0.296 e. The first kappa shape index (κ1) is 10.3. The van der Waals surface area contributed by atoms with Gasteiger partial charge in [0.15, 0.2) is 0 Å². The molecule has 0 spiro atoms. The van der Waals surface area contributed by atoms with E-state index in [4.69, 9.17) is 0 Å². The minimum absolute atomic E-state index is 0.230. The molecule has 0 bridgehead atoms. The molecule has 0 unspecified atom stereocenters. The fraction of sp³-hybridized carbons (Fsp3) is 0.222. The van der Waals surface area contributed by atoms with Crippen molar-refractivity contribution in [1.82, 2.24) is 5.32 Å². The second kappa shape index (κ2) is 5.05. The zero-order valence-corrected chi connectivity index (χ0v) is 9.46. The second-order valence-corrected chi connectivity index (χ2v) is 4.81. The van der Waals surface area contributed by atoms with E-state index in [1.54, 1.807) is 18.3 Å². The van der Waals surface area contributed by atoms with Crippen molar-refractivity contribution in [3.63, 3.8) is 0 Å². The van der Waals surface area contributed by atoms with Gasteiger partial charge in [0.1, 0.15) is 0 Å². The lowest BCUT2D eigenvalue weighted by Gasteiger charge is -1.95. The average Bonchev–Trinajstić information content (AvgIpc) is 2.49. The molecule has 0 aromatic carbocycles. The highest BCUT2D eigenvalue weighted by Gasteiger charge is 1.98. The van der Waals surface area contributed by atoms with Crippen LogP contribution >= 0.6 is 27.3 Å². The summed E-state index contributed by atoms with van der Waals surface area (Å²) >= 11 is 4.95. The molecule has 0 aliphatic rings. The molecule has 0 fully saturated rings. The molecule has 0 radical (unpaired) electrons. The Bertz CT molecular complexity index is 361. The van der Waals surface area contributed by atoms with E-state index in [2.05, 4.69) is 33.1 Å². The molecule has 4 heteroatoms. The van der Waals surface area contributed by atoms with Gasteiger partial charge >= 0.3 is 0 Å². The molecule has 13 heavy (non-hydrogen) atoms. The van der Waals surface area contributed by atoms with Gasteiger partial charge in [0.25, 0.3) is 5.91 Å². The number of carbonyl (C=O) groups excluding carboxylic acids is 1. The van der Waals surface area contributed by atoms with E-state index in [1.807, 2.05) is 12.1 Å². The summed E-state index contributed by atoms with van der Waals surface area (Å²) in [6.45, 7) is 2.19. The summed E-state index contributed by atoms with van der Waals surface area (Å²) in [7, 11) is 0. The molecule has 1 amide bonds. The van der Waals surface area contributed by atoms with Gasteiger partial charge in [0.2, 0.25) is 0 Å². The third-order valence-electron chi connectivity index (χ3n) is 1.29. The summed E-state index contributed by atoms with van der Waals surface area (Å²) in [6.07, 6.45) is 0. The summed E-state index contributed by atoms with van der Waals surface area (Å²) in [5.41, 5.74) is 0. The fourth-order valence-corrected chi connectivity index (χ4v) is 2.19. The number of rotatable bonds is 2. The van der Waals surface area contributed by atoms with Crippen LogP contribution in [0.4, 0.5) is 0 Å². The van der Waals surface area contributed by atoms with E-state index in [9.17, 15) is 4.79 Å². The number of nitrogens with one attached hydrogen (secondary N) is 1. The topological polar surface area (TPSA) is 29.1 Å². The Balaban J connectivity index is 2.42. The molecule has 2 nitrogen and oxygen atoms in total. The van der Waals surface area contributed by atoms with Gasteiger partial charge < -0.3 is 5.32 Å². The third-order valence-corrected chi connectivity index (χ3v) is 2.91. The van der Waals surface area contributed by atoms with Gasteiger partial charge in [0, 0.05) is 4.88 Å². The quantitative estimate of drug-likeness (QED) is 0.809. The van der Waals surface area contributed by atoms with Crippen LogP contribution in [0, 0.1) is 11.8 Å². The lowest BCUT2D eigenvalue weighted by atomic mass is 10.4. The van der Waals surface area contributed by atoms with Crippen LogP contribution < -0.4 is 5.32 Å². The normalized spacial score (nSPS) is 8.77. The Kier molecular flexibility index (Phi) is 4.00. The molecular weight excluding hydrogens is 250 g/mol. The van der Waals surface area contributed by atoms with Gasteiger partial charge in [-0.2, -0.15) is 0 Å². The van der Waals surface area contributed by atoms with Crippen LogP contribution in [0.3, 0.4) is 0 Å². The number of halogens is 1. The van der Waals surface area contributed by atoms with Crippen molar-refractivity contribution >= 4 is 33.2 Å². The predicted molar refractivity (Wildman–Crippen MR) is 57.3 cm³/mol. The maximum absolute atomic E-state index is 10.9. The Morgan fingerprint density at radius 3 is 3.00 bits per heavy atom. The predicted octanol–water partition coefficient (Wildman–Crippen LogP) is 2.15. The van der Waals surface area contributed by atoms with Crippen molar-refractivity contribution in [3.05, 3.63) is 20.8 Å². The van der Waals surface area contributed by atoms with Crippen molar-refractivity contribution in [2.24, 2.45) is 0 Å². The number of hydrogen-bond donors (Lipinski definition) is 1. The maximum atomic E-state index is 10.9. The molecule has 0 aliphatic carbocycles. The van der Waals surface area contributed by atoms with Gasteiger partial charge in [-0.15, -0.1) is 11.3 Å². The van der Waals surface area contributed by atoms with Crippen LogP contribution in [0.5, 0.6) is 0 Å². The first-order chi connectivity index (χ1) is 6.22. The Morgan fingerprint density at radius 2 is 2.46 bits per heavy atom. The van der Waals surface area contributed by atoms with Crippen LogP contribution in [0.15, 0.2) is 15.9 Å². The van der Waals surface area contributed by atoms with Crippen LogP contribution in [0.25, 0.3) is 0 Å². The second-order valence-electron chi connectivity index (χ2n) is 2.26. The molecule has 0 atom stereocenters. The van der Waals surface area contributed by atoms with Crippen molar-refractivity contribution in [2.75, 3.05) is 0 Å². The lowest BCUT2D eigenvalue weighted by molar-refractivity contribution is -0.115. The molecule has 0 aliphatic heterocycles. The number of carbonyl (C=O) groups is 1. The Hall–Kier alpha value is -0.790. The van der Waals surface area contributed by atoms with Crippen LogP contribution in [0.1, 0.15) is 11.8 Å². The summed E-state index contributed by atoms with van der Waals surface area (Å²) < 4.78 is 1.07. The van der Waals surface area contributed by atoms with E-state index in [0.717, 1.165) is 8.66 Å². The number of amides is 1. The molecule has 1 aromatic heterocycles. The van der Waals surface area contributed by atoms with Crippen LogP contribution in [0.2, 0.25) is 0 Å². The first-order valence-electron chi connectivity index (χ1n) is 3.67. The van der Waals surface area contributed by atoms with Gasteiger partial charge in [0.05, 0.1) is 10.3 Å². The lowest BCUT2D eigenvalue weighted by Crippen LogP contribution is -2.19. The zero-order valence-electron chi connectivity index (χ0n) is 7.06. The summed E-state index contributed by atoms with van der Waals surface area (Å²) in [4.78, 5) is 12.0. The van der Waals surface area contributed by atoms with Crippen LogP contribution in [-0.4, -0.2) is 5.91 Å². The van der Waals surface area contributed by atoms with Crippen molar-refractivity contribution in [2.45, 2.75) is 13.5 Å². The largest absolute Gasteiger partial charge is 0.340 e. The highest BCUT2D eigenvalue weighted by Crippen LogP contribution is 2.21. The molecule has 1 N–H and O–H groups in total. The van der Waals surface area contributed by atoms with Gasteiger partial charge in [-0.1, -0.05) is 5.92 Å². The summed E-state index contributed by atoms with van der Waals surface area (Å²) in [5, 5.41) is 2.69. The average molecular weight is 258 g/mol. The highest BCUT2D eigenvalue weighted by atomic mass is 79.9. The third kappa shape index (κ3) is 3.62. The van der Waals surface area contributed by atoms with E-state index in [-0.39, 0.29) is 5.91 Å². The zero-order chi connectivity index (χ0) is 9.68. The Morgan fingerprint density at radius 1 is 1.69 bits per heavy atom. The first-order valence-corrected chi connectivity index (χ1v) is 5.28. The summed E-state index contributed by atoms with van der Waals surface area (Å²) in [5.74, 6) is 4.73. The minimum Gasteiger partial charge on any atom is -0.340 e. The number of hydrogen-bond acceptors (Lipinski definition) is 2. The molecule has 68 valence electrons. The standard InChI is InChI=1S/C9H8BrNOS/c1-2-3-9(12)11-6-7-4-5-8(10)13-7/h4-5H,6H2,1H3,(H,11,12). The SMILES string of the molecule is CC#CC(=O)NCc1ccc(Br)s1. The molecule has 1 heterocycles. The van der Waals surface area contributed by atoms with Gasteiger partial charge in [-0.3, -0.25) is 4.79 Å². The smallest absolute Gasteiger partial charge is 0.296 e. The Labute approximate surface area is 89.5 Å². The van der Waals surface area contributed by atoms with Crippen LogP contribution in [-0.2, 0) is 11.3 Å². The van der Waals surface area contributed by atoms with Crippen molar-refractivity contribution in [3.8, 4) is 11.8 Å². The van der Waals surface area contributed by atoms with E-state index >= 15 is 0 Å². The fourth-order valence-electron chi connectivity index (χ4n) is 0.772. The van der Waals surface area contributed by atoms with E-state index < -0.39 is 0 Å². The van der Waals surface area contributed by atoms with E-state index in [0.29, 0.717) is 6.54 Å². The molecule has 1 rings (SSSR count). The van der Waals surface area contributed by atoms with Gasteiger partial charge in [-0.05, 0) is 40.9 Å². The van der Waals surface area contributed by atoms with Crippen molar-refractivity contribution < 1.29 is 4.79 Å². The number of thiophene rings is 1. The van der Waals surface area contributed by atoms with Gasteiger partial charge in [-0.25, -0.2) is 0 Å². The summed E-state index contributed by atoms with van der Waals surface area (Å²) in [6, 6.07) is 3.92. The van der Waals surface area contributed by atoms with Crippen molar-refractivity contribution in [1.29, 1.82) is 0 Å². The highest BCUT2D eigenvalue weighted by molar-refractivity contribution is 9.11. The monoisotopic (exact) mass is 257 g/mol. The molecule has 0 saturated heterocycles. The minimum atomic E-state index is -0.230. The molecular formula is C9H8BrNOS.